The molecular formula is C4H13NO5S. The predicted octanol–water partition coefficient (Wildman–Crippen LogP) is -2.74. The Morgan fingerprint density at radius 2 is 2.00 bits per heavy atom. The third kappa shape index (κ3) is 25.9. The van der Waals surface area contributed by atoms with Crippen LogP contribution >= 0.6 is 0 Å². The zero-order valence-electron chi connectivity index (χ0n) is 6.48. The van der Waals surface area contributed by atoms with Gasteiger partial charge in [-0.05, 0) is 0 Å². The van der Waals surface area contributed by atoms with E-state index in [1.165, 1.54) is 0 Å². The van der Waals surface area contributed by atoms with E-state index in [-0.39, 0.29) is 6.61 Å². The molecular weight excluding hydrogens is 174 g/mol. The van der Waals surface area contributed by atoms with Crippen LogP contribution in [-0.4, -0.2) is 45.4 Å². The largest absolute Gasteiger partial charge is 0.726 e. The van der Waals surface area contributed by atoms with Gasteiger partial charge in [0.2, 0.25) is 10.4 Å². The molecule has 3 N–H and O–H groups in total. The van der Waals surface area contributed by atoms with Gasteiger partial charge < -0.3 is 15.0 Å². The van der Waals surface area contributed by atoms with Crippen LogP contribution in [-0.2, 0) is 14.6 Å². The average molecular weight is 187 g/mol. The van der Waals surface area contributed by atoms with Crippen LogP contribution in [0, 0.1) is 0 Å². The van der Waals surface area contributed by atoms with Crippen molar-refractivity contribution in [2.75, 3.05) is 27.3 Å². The highest BCUT2D eigenvalue weighted by atomic mass is 32.3. The van der Waals surface area contributed by atoms with Crippen LogP contribution in [0.3, 0.4) is 0 Å². The molecule has 0 bridgehead atoms. The van der Waals surface area contributed by atoms with Crippen molar-refractivity contribution in [1.82, 2.24) is 0 Å². The minimum Gasteiger partial charge on any atom is -0.726 e. The quantitative estimate of drug-likeness (QED) is 0.368. The molecule has 0 spiro atoms. The molecule has 0 aliphatic rings. The van der Waals surface area contributed by atoms with E-state index in [1.54, 1.807) is 0 Å². The molecule has 0 radical (unpaired) electrons. The molecule has 0 aromatic heterocycles. The van der Waals surface area contributed by atoms with E-state index < -0.39 is 10.4 Å². The molecule has 0 fully saturated rings. The summed E-state index contributed by atoms with van der Waals surface area (Å²) in [5.41, 5.74) is 0. The Balaban J connectivity index is 0. The Hall–Kier alpha value is -0.210. The summed E-state index contributed by atoms with van der Waals surface area (Å²) in [6, 6.07) is 0. The van der Waals surface area contributed by atoms with Crippen molar-refractivity contribution in [2.45, 2.75) is 0 Å². The van der Waals surface area contributed by atoms with E-state index in [0.717, 1.165) is 13.7 Å². The number of quaternary nitrogens is 1. The standard InChI is InChI=1S/C3H9NO.CH4O4S/c1-4-2-3-5;1-5-6(2,3)4/h4-5H,2-3H2,1H3;1H3,(H,2,3,4). The fraction of sp³-hybridized carbons (Fsp3) is 1.00. The summed E-state index contributed by atoms with van der Waals surface area (Å²) in [5, 5.41) is 9.97. The number of hydrogen-bond acceptors (Lipinski definition) is 5. The van der Waals surface area contributed by atoms with Crippen molar-refractivity contribution in [2.24, 2.45) is 0 Å². The normalized spacial score (nSPS) is 10.2. The maximum Gasteiger partial charge on any atom is 0.217 e. The van der Waals surface area contributed by atoms with Gasteiger partial charge in [0.1, 0.15) is 0 Å². The Kier molecular flexibility index (Phi) is 9.60. The van der Waals surface area contributed by atoms with Gasteiger partial charge in [0, 0.05) is 0 Å². The number of rotatable bonds is 3. The first-order valence-electron chi connectivity index (χ1n) is 2.88. The lowest BCUT2D eigenvalue weighted by Crippen LogP contribution is -2.80. The maximum atomic E-state index is 9.22. The molecule has 11 heavy (non-hydrogen) atoms. The lowest BCUT2D eigenvalue weighted by atomic mass is 10.7. The fourth-order valence-electron chi connectivity index (χ4n) is 0.129. The number of aliphatic hydroxyl groups excluding tert-OH is 1. The van der Waals surface area contributed by atoms with Crippen molar-refractivity contribution < 1.29 is 27.6 Å². The van der Waals surface area contributed by atoms with Gasteiger partial charge in [-0.2, -0.15) is 0 Å². The number of likely N-dealkylation sites (N-methyl/N-ethyl adjacent to an activating group) is 1. The van der Waals surface area contributed by atoms with Gasteiger partial charge in [0.05, 0.1) is 27.3 Å². The van der Waals surface area contributed by atoms with Crippen LogP contribution < -0.4 is 5.32 Å². The van der Waals surface area contributed by atoms with Crippen molar-refractivity contribution >= 4 is 10.4 Å². The zero-order chi connectivity index (χ0) is 9.33. The summed E-state index contributed by atoms with van der Waals surface area (Å²) in [6.07, 6.45) is 0. The van der Waals surface area contributed by atoms with Crippen LogP contribution in [0.15, 0.2) is 0 Å². The Bertz CT molecular complexity index is 152. The highest BCUT2D eigenvalue weighted by molar-refractivity contribution is 7.80. The van der Waals surface area contributed by atoms with Gasteiger partial charge in [-0.3, -0.25) is 4.18 Å². The minimum atomic E-state index is -4.41. The van der Waals surface area contributed by atoms with Crippen LogP contribution in [0.2, 0.25) is 0 Å². The molecule has 0 aliphatic heterocycles. The molecule has 0 rings (SSSR count). The predicted molar refractivity (Wildman–Crippen MR) is 36.5 cm³/mol. The summed E-state index contributed by atoms with van der Waals surface area (Å²) < 4.78 is 31.0. The van der Waals surface area contributed by atoms with Gasteiger partial charge >= 0.3 is 0 Å². The second-order valence-corrected chi connectivity index (χ2v) is 2.65. The monoisotopic (exact) mass is 187 g/mol. The fourth-order valence-corrected chi connectivity index (χ4v) is 0.129. The van der Waals surface area contributed by atoms with E-state index in [1.807, 2.05) is 12.4 Å². The van der Waals surface area contributed by atoms with Crippen LogP contribution in [0.4, 0.5) is 0 Å². The molecule has 7 heteroatoms. The van der Waals surface area contributed by atoms with Crippen molar-refractivity contribution in [1.29, 1.82) is 0 Å². The first kappa shape index (κ1) is 13.4. The maximum absolute atomic E-state index is 9.22. The summed E-state index contributed by atoms with van der Waals surface area (Å²) >= 11 is 0. The Labute approximate surface area is 66.1 Å². The molecule has 0 aromatic carbocycles. The molecule has 0 amide bonds. The van der Waals surface area contributed by atoms with Crippen molar-refractivity contribution in [3.8, 4) is 0 Å². The van der Waals surface area contributed by atoms with Crippen LogP contribution in [0.25, 0.3) is 0 Å². The van der Waals surface area contributed by atoms with E-state index >= 15 is 0 Å². The SMILES string of the molecule is COS(=O)(=O)[O-].C[NH2+]CCO. The Morgan fingerprint density at radius 3 is 2.00 bits per heavy atom. The molecule has 0 aromatic rings. The Morgan fingerprint density at radius 1 is 1.64 bits per heavy atom. The lowest BCUT2D eigenvalue weighted by Gasteiger charge is -1.98. The smallest absolute Gasteiger partial charge is 0.217 e. The molecule has 70 valence electrons. The summed E-state index contributed by atoms with van der Waals surface area (Å²) in [4.78, 5) is 0. The van der Waals surface area contributed by atoms with E-state index in [2.05, 4.69) is 4.18 Å². The highest BCUT2D eigenvalue weighted by Gasteiger charge is 1.79. The van der Waals surface area contributed by atoms with Gasteiger partial charge in [-0.15, -0.1) is 0 Å². The third-order valence-electron chi connectivity index (χ3n) is 0.622. The summed E-state index contributed by atoms with van der Waals surface area (Å²) in [5.74, 6) is 0. The van der Waals surface area contributed by atoms with Gasteiger partial charge in [0.25, 0.3) is 0 Å². The molecule has 0 atom stereocenters. The first-order valence-corrected chi connectivity index (χ1v) is 4.21. The topological polar surface area (TPSA) is 103 Å². The first-order chi connectivity index (χ1) is 4.97. The number of hydrogen-bond donors (Lipinski definition) is 2. The second kappa shape index (κ2) is 7.89. The van der Waals surface area contributed by atoms with E-state index in [9.17, 15) is 13.0 Å². The number of aliphatic hydroxyl groups is 1. The molecule has 0 saturated heterocycles. The zero-order valence-corrected chi connectivity index (χ0v) is 7.30. The van der Waals surface area contributed by atoms with E-state index in [0.29, 0.717) is 0 Å². The van der Waals surface area contributed by atoms with Gasteiger partial charge in [-0.25, -0.2) is 8.42 Å². The molecule has 0 saturated carbocycles. The average Bonchev–Trinajstić information content (AvgIpc) is 1.90. The lowest BCUT2D eigenvalue weighted by molar-refractivity contribution is -0.628. The molecule has 0 aliphatic carbocycles. The van der Waals surface area contributed by atoms with Crippen LogP contribution in [0.1, 0.15) is 0 Å². The number of nitrogens with two attached hydrogens (primary N) is 1. The van der Waals surface area contributed by atoms with Crippen molar-refractivity contribution in [3.05, 3.63) is 0 Å². The third-order valence-corrected chi connectivity index (χ3v) is 1.03. The van der Waals surface area contributed by atoms with E-state index in [4.69, 9.17) is 5.11 Å². The second-order valence-electron chi connectivity index (χ2n) is 1.50. The highest BCUT2D eigenvalue weighted by Crippen LogP contribution is 1.74. The molecule has 6 nitrogen and oxygen atoms in total. The molecule has 0 heterocycles. The molecule has 0 unspecified atom stereocenters. The summed E-state index contributed by atoms with van der Waals surface area (Å²) in [6.45, 7) is 1.11. The van der Waals surface area contributed by atoms with Crippen LogP contribution in [0.5, 0.6) is 0 Å². The van der Waals surface area contributed by atoms with Crippen molar-refractivity contribution in [3.63, 3.8) is 0 Å². The van der Waals surface area contributed by atoms with Gasteiger partial charge in [-0.1, -0.05) is 0 Å². The van der Waals surface area contributed by atoms with Gasteiger partial charge in [0.15, 0.2) is 0 Å². The summed E-state index contributed by atoms with van der Waals surface area (Å²) in [7, 11) is -1.68. The minimum absolute atomic E-state index is 0.288.